The van der Waals surface area contributed by atoms with Gasteiger partial charge in [0, 0.05) is 30.9 Å². The van der Waals surface area contributed by atoms with Gasteiger partial charge in [0.2, 0.25) is 10.0 Å². The molecule has 0 spiro atoms. The first kappa shape index (κ1) is 16.2. The van der Waals surface area contributed by atoms with Crippen LogP contribution in [0.1, 0.15) is 19.0 Å². The number of sulfonamides is 1. The number of rotatable bonds is 6. The quantitative estimate of drug-likeness (QED) is 0.841. The molecule has 0 bridgehead atoms. The number of aromatic amines is 1. The molecule has 1 aromatic carbocycles. The van der Waals surface area contributed by atoms with Gasteiger partial charge >= 0.3 is 0 Å². The van der Waals surface area contributed by atoms with Gasteiger partial charge in [0.1, 0.15) is 0 Å². The van der Waals surface area contributed by atoms with Crippen molar-refractivity contribution in [1.82, 2.24) is 19.8 Å². The maximum absolute atomic E-state index is 12.1. The highest BCUT2D eigenvalue weighted by atomic mass is 32.2. The van der Waals surface area contributed by atoms with Crippen LogP contribution in [0.5, 0.6) is 0 Å². The third kappa shape index (κ3) is 3.80. The highest BCUT2D eigenvalue weighted by Gasteiger charge is 2.32. The monoisotopic (exact) mass is 334 g/mol. The zero-order valence-electron chi connectivity index (χ0n) is 13.2. The molecule has 0 radical (unpaired) electrons. The minimum atomic E-state index is -3.19. The summed E-state index contributed by atoms with van der Waals surface area (Å²) in [4.78, 5) is 2.15. The Morgan fingerprint density at radius 2 is 2.13 bits per heavy atom. The van der Waals surface area contributed by atoms with Crippen LogP contribution in [-0.2, 0) is 16.6 Å². The van der Waals surface area contributed by atoms with Crippen molar-refractivity contribution >= 4 is 10.0 Å². The molecule has 1 aliphatic heterocycles. The second-order valence-electron chi connectivity index (χ2n) is 5.83. The summed E-state index contributed by atoms with van der Waals surface area (Å²) in [6, 6.07) is 12.0. The first-order valence-corrected chi connectivity index (χ1v) is 9.43. The van der Waals surface area contributed by atoms with Crippen molar-refractivity contribution in [2.45, 2.75) is 25.1 Å². The predicted octanol–water partition coefficient (Wildman–Crippen LogP) is 1.59. The average Bonchev–Trinajstić information content (AvgIpc) is 3.18. The van der Waals surface area contributed by atoms with E-state index in [1.54, 1.807) is 6.92 Å². The van der Waals surface area contributed by atoms with Crippen LogP contribution < -0.4 is 4.72 Å². The molecule has 23 heavy (non-hydrogen) atoms. The van der Waals surface area contributed by atoms with Crippen LogP contribution in [0.25, 0.3) is 11.3 Å². The third-order valence-corrected chi connectivity index (χ3v) is 6.06. The molecular formula is C16H22N4O2S. The summed E-state index contributed by atoms with van der Waals surface area (Å²) in [5.41, 5.74) is 2.99. The van der Waals surface area contributed by atoms with Gasteiger partial charge in [0.15, 0.2) is 0 Å². The van der Waals surface area contributed by atoms with Crippen LogP contribution in [0.2, 0.25) is 0 Å². The van der Waals surface area contributed by atoms with Crippen molar-refractivity contribution in [3.8, 4) is 11.3 Å². The maximum Gasteiger partial charge on any atom is 0.215 e. The molecule has 2 heterocycles. The number of hydrogen-bond acceptors (Lipinski definition) is 4. The summed E-state index contributed by atoms with van der Waals surface area (Å²) < 4.78 is 26.7. The topological polar surface area (TPSA) is 78.1 Å². The highest BCUT2D eigenvalue weighted by Crippen LogP contribution is 2.21. The molecule has 1 saturated heterocycles. The number of aromatic nitrogens is 2. The molecule has 1 aromatic heterocycles. The van der Waals surface area contributed by atoms with E-state index >= 15 is 0 Å². The number of benzene rings is 1. The fourth-order valence-corrected chi connectivity index (χ4v) is 4.41. The lowest BCUT2D eigenvalue weighted by atomic mass is 10.1. The van der Waals surface area contributed by atoms with Crippen LogP contribution in [0.4, 0.5) is 0 Å². The normalized spacial score (nSPS) is 19.3. The fraction of sp³-hybridized carbons (Fsp3) is 0.438. The molecule has 0 aliphatic carbocycles. The van der Waals surface area contributed by atoms with E-state index in [0.717, 1.165) is 23.5 Å². The summed E-state index contributed by atoms with van der Waals surface area (Å²) in [6.07, 6.45) is 0.676. The van der Waals surface area contributed by atoms with E-state index in [-0.39, 0.29) is 5.25 Å². The van der Waals surface area contributed by atoms with Crippen LogP contribution >= 0.6 is 0 Å². The van der Waals surface area contributed by atoms with Gasteiger partial charge in [-0.15, -0.1) is 0 Å². The van der Waals surface area contributed by atoms with E-state index in [2.05, 4.69) is 19.8 Å². The zero-order chi connectivity index (χ0) is 16.3. The second-order valence-corrected chi connectivity index (χ2v) is 7.88. The fourth-order valence-electron chi connectivity index (χ4n) is 2.95. The van der Waals surface area contributed by atoms with Gasteiger partial charge in [0.05, 0.1) is 10.9 Å². The lowest BCUT2D eigenvalue weighted by Crippen LogP contribution is -2.36. The Hall–Kier alpha value is -1.70. The largest absolute Gasteiger partial charge is 0.296 e. The Balaban J connectivity index is 1.62. The molecule has 1 fully saturated rings. The van der Waals surface area contributed by atoms with Crippen LogP contribution in [0.15, 0.2) is 36.4 Å². The lowest BCUT2D eigenvalue weighted by Gasteiger charge is -2.15. The molecule has 7 heteroatoms. The first-order valence-electron chi connectivity index (χ1n) is 7.89. The van der Waals surface area contributed by atoms with E-state index in [4.69, 9.17) is 0 Å². The maximum atomic E-state index is 12.1. The molecular weight excluding hydrogens is 312 g/mol. The van der Waals surface area contributed by atoms with Gasteiger partial charge in [-0.1, -0.05) is 37.3 Å². The standard InChI is InChI=1S/C16H22N4O2S/c1-2-17-23(21,22)15-8-9-20(12-15)11-14-10-16(19-18-14)13-6-4-3-5-7-13/h3-7,10,15,17H,2,8-9,11-12H2,1H3,(H,18,19). The van der Waals surface area contributed by atoms with Crippen molar-refractivity contribution in [3.63, 3.8) is 0 Å². The Bertz CT molecular complexity index is 742. The van der Waals surface area contributed by atoms with Crippen molar-refractivity contribution in [3.05, 3.63) is 42.1 Å². The Labute approximate surface area is 137 Å². The Morgan fingerprint density at radius 1 is 1.35 bits per heavy atom. The van der Waals surface area contributed by atoms with E-state index in [1.165, 1.54) is 0 Å². The van der Waals surface area contributed by atoms with Crippen molar-refractivity contribution in [2.75, 3.05) is 19.6 Å². The zero-order valence-corrected chi connectivity index (χ0v) is 14.0. The molecule has 0 amide bonds. The van der Waals surface area contributed by atoms with Crippen LogP contribution in [-0.4, -0.2) is 48.4 Å². The van der Waals surface area contributed by atoms with E-state index < -0.39 is 10.0 Å². The SMILES string of the molecule is CCNS(=O)(=O)C1CCN(Cc2cc(-c3ccccc3)n[nH]2)C1. The van der Waals surface area contributed by atoms with Crippen LogP contribution in [0.3, 0.4) is 0 Å². The first-order chi connectivity index (χ1) is 11.1. The van der Waals surface area contributed by atoms with Crippen LogP contribution in [0, 0.1) is 0 Å². The molecule has 2 aromatic rings. The summed E-state index contributed by atoms with van der Waals surface area (Å²) >= 11 is 0. The van der Waals surface area contributed by atoms with Crippen molar-refractivity contribution < 1.29 is 8.42 Å². The third-order valence-electron chi connectivity index (χ3n) is 4.11. The molecule has 1 unspecified atom stereocenters. The predicted molar refractivity (Wildman–Crippen MR) is 90.3 cm³/mol. The smallest absolute Gasteiger partial charge is 0.215 e. The summed E-state index contributed by atoms with van der Waals surface area (Å²) in [5, 5.41) is 7.08. The molecule has 124 valence electrons. The van der Waals surface area contributed by atoms with Gasteiger partial charge in [-0.05, 0) is 19.0 Å². The lowest BCUT2D eigenvalue weighted by molar-refractivity contribution is 0.327. The highest BCUT2D eigenvalue weighted by molar-refractivity contribution is 7.90. The van der Waals surface area contributed by atoms with Gasteiger partial charge in [-0.25, -0.2) is 13.1 Å². The number of nitrogens with zero attached hydrogens (tertiary/aromatic N) is 2. The molecule has 3 rings (SSSR count). The second kappa shape index (κ2) is 6.82. The number of hydrogen-bond donors (Lipinski definition) is 2. The van der Waals surface area contributed by atoms with Crippen molar-refractivity contribution in [1.29, 1.82) is 0 Å². The Kier molecular flexibility index (Phi) is 4.79. The molecule has 1 aliphatic rings. The Morgan fingerprint density at radius 3 is 2.87 bits per heavy atom. The van der Waals surface area contributed by atoms with Crippen molar-refractivity contribution in [2.24, 2.45) is 0 Å². The van der Waals surface area contributed by atoms with E-state index in [1.807, 2.05) is 36.4 Å². The molecule has 6 nitrogen and oxygen atoms in total. The number of nitrogens with one attached hydrogen (secondary N) is 2. The minimum absolute atomic E-state index is 0.320. The molecule has 1 atom stereocenters. The summed E-state index contributed by atoms with van der Waals surface area (Å²) in [7, 11) is -3.19. The van der Waals surface area contributed by atoms with Gasteiger partial charge in [-0.2, -0.15) is 5.10 Å². The van der Waals surface area contributed by atoms with Gasteiger partial charge in [0.25, 0.3) is 0 Å². The summed E-state index contributed by atoms with van der Waals surface area (Å²) in [6.45, 7) is 4.29. The number of likely N-dealkylation sites (tertiary alicyclic amines) is 1. The van der Waals surface area contributed by atoms with E-state index in [9.17, 15) is 8.42 Å². The summed E-state index contributed by atoms with van der Waals surface area (Å²) in [5.74, 6) is 0. The van der Waals surface area contributed by atoms with Gasteiger partial charge < -0.3 is 0 Å². The minimum Gasteiger partial charge on any atom is -0.296 e. The van der Waals surface area contributed by atoms with E-state index in [0.29, 0.717) is 26.1 Å². The average molecular weight is 334 g/mol. The number of H-pyrrole nitrogens is 1. The molecule has 2 N–H and O–H groups in total. The molecule has 0 saturated carbocycles. The van der Waals surface area contributed by atoms with Gasteiger partial charge in [-0.3, -0.25) is 10.00 Å².